The molecule has 1 aliphatic heterocycles. The maximum Gasteiger partial charge on any atom is 0.290 e. The molecule has 1 saturated heterocycles. The second-order valence-electron chi connectivity index (χ2n) is 7.64. The van der Waals surface area contributed by atoms with Crippen molar-refractivity contribution in [1.82, 2.24) is 0 Å². The van der Waals surface area contributed by atoms with E-state index < -0.39 is 10.1 Å². The van der Waals surface area contributed by atoms with Gasteiger partial charge in [0.05, 0.1) is 15.5 Å². The molecule has 9 heteroatoms. The van der Waals surface area contributed by atoms with E-state index in [0.29, 0.717) is 28.5 Å². The van der Waals surface area contributed by atoms with Crippen molar-refractivity contribution in [1.29, 1.82) is 0 Å². The molecule has 1 aliphatic rings. The van der Waals surface area contributed by atoms with Gasteiger partial charge in [-0.15, -0.1) is 0 Å². The van der Waals surface area contributed by atoms with E-state index in [9.17, 15) is 13.0 Å². The highest BCUT2D eigenvalue weighted by molar-refractivity contribution is 7.85. The van der Waals surface area contributed by atoms with E-state index >= 15 is 0 Å². The van der Waals surface area contributed by atoms with E-state index in [0.717, 1.165) is 37.0 Å². The summed E-state index contributed by atoms with van der Waals surface area (Å²) >= 11 is 6.03. The smallest absolute Gasteiger partial charge is 0.290 e. The zero-order valence-corrected chi connectivity index (χ0v) is 20.3. The van der Waals surface area contributed by atoms with E-state index in [2.05, 4.69) is 11.8 Å². The molecule has 174 valence electrons. The van der Waals surface area contributed by atoms with Crippen LogP contribution in [0.2, 0.25) is 5.02 Å². The molecule has 1 fully saturated rings. The quantitative estimate of drug-likeness (QED) is 0.313. The fourth-order valence-electron chi connectivity index (χ4n) is 3.47. The third-order valence-corrected chi connectivity index (χ3v) is 6.45. The third-order valence-electron chi connectivity index (χ3n) is 4.89. The Kier molecular flexibility index (Phi) is 9.49. The van der Waals surface area contributed by atoms with Crippen molar-refractivity contribution in [2.75, 3.05) is 19.1 Å². The molecule has 0 spiro atoms. The van der Waals surface area contributed by atoms with Gasteiger partial charge in [-0.25, -0.2) is 14.3 Å². The molecule has 0 bridgehead atoms. The largest absolute Gasteiger partial charge is 0.744 e. The van der Waals surface area contributed by atoms with Crippen molar-refractivity contribution in [3.63, 3.8) is 0 Å². The van der Waals surface area contributed by atoms with Gasteiger partial charge in [-0.2, -0.15) is 0 Å². The van der Waals surface area contributed by atoms with Crippen LogP contribution in [0.15, 0.2) is 29.3 Å². The van der Waals surface area contributed by atoms with Gasteiger partial charge < -0.3 is 14.0 Å². The van der Waals surface area contributed by atoms with Crippen molar-refractivity contribution >= 4 is 21.7 Å². The van der Waals surface area contributed by atoms with Crippen LogP contribution in [0.1, 0.15) is 47.2 Å². The zero-order chi connectivity index (χ0) is 23.9. The Bertz CT molecular complexity index is 1090. The summed E-state index contributed by atoms with van der Waals surface area (Å²) in [6.45, 7) is 8.11. The maximum absolute atomic E-state index is 10.8. The molecule has 2 heterocycles. The first-order valence-corrected chi connectivity index (χ1v) is 12.0. The summed E-state index contributed by atoms with van der Waals surface area (Å²) in [4.78, 5) is -0.0851. The van der Waals surface area contributed by atoms with Gasteiger partial charge >= 0.3 is 0 Å². The predicted octanol–water partition coefficient (Wildman–Crippen LogP) is 3.06. The van der Waals surface area contributed by atoms with Gasteiger partial charge in [0.1, 0.15) is 16.7 Å². The van der Waals surface area contributed by atoms with E-state index in [1.54, 1.807) is 38.2 Å². The molecule has 1 aromatic heterocycles. The van der Waals surface area contributed by atoms with Crippen molar-refractivity contribution in [2.24, 2.45) is 0 Å². The van der Waals surface area contributed by atoms with Gasteiger partial charge in [-0.05, 0) is 58.1 Å². The van der Waals surface area contributed by atoms with Crippen LogP contribution < -0.4 is 10.5 Å². The number of pyridine rings is 1. The molecule has 3 rings (SSSR count). The first-order chi connectivity index (χ1) is 15.0. The average molecular weight is 481 g/mol. The summed E-state index contributed by atoms with van der Waals surface area (Å²) in [6.07, 6.45) is 4.77. The first-order valence-electron chi connectivity index (χ1n) is 10.2. The number of rotatable bonds is 3. The van der Waals surface area contributed by atoms with E-state index in [1.807, 2.05) is 13.8 Å². The molecular formula is C23H29ClN2O5S. The lowest BCUT2D eigenvalue weighted by molar-refractivity contribution is -0.641. The molecule has 1 atom stereocenters. The molecule has 1 aromatic carbocycles. The van der Waals surface area contributed by atoms with E-state index in [4.69, 9.17) is 26.9 Å². The standard InChI is InChI=1S/C14H18ClN2O2.C9H12O3S/c1-11-12(15)7-8-17(16)13(11)5-4-10-19-14-6-2-3-9-18-14;1-6-4-7(2)9(8(3)5-6)13(10,11)12/h7-8,14H,2-3,6,9-10,16H2,1H3;4-5H,1-3H3,(H,10,11,12)/q+1;/p-1. The Labute approximate surface area is 195 Å². The molecule has 0 radical (unpaired) electrons. The number of nitrogens with two attached hydrogens (primary N) is 1. The Hall–Kier alpha value is -2.15. The zero-order valence-electron chi connectivity index (χ0n) is 18.8. The maximum atomic E-state index is 10.8. The predicted molar refractivity (Wildman–Crippen MR) is 122 cm³/mol. The summed E-state index contributed by atoms with van der Waals surface area (Å²) in [7, 11) is -4.33. The van der Waals surface area contributed by atoms with Crippen molar-refractivity contribution in [2.45, 2.75) is 58.1 Å². The molecule has 2 N–H and O–H groups in total. The molecule has 32 heavy (non-hydrogen) atoms. The highest BCUT2D eigenvalue weighted by atomic mass is 35.5. The molecule has 1 unspecified atom stereocenters. The van der Waals surface area contributed by atoms with Crippen LogP contribution in [0.3, 0.4) is 0 Å². The Morgan fingerprint density at radius 3 is 2.47 bits per heavy atom. The highest BCUT2D eigenvalue weighted by Gasteiger charge is 2.14. The van der Waals surface area contributed by atoms with Crippen LogP contribution >= 0.6 is 11.6 Å². The molecule has 2 aromatic rings. The highest BCUT2D eigenvalue weighted by Crippen LogP contribution is 2.21. The molecular weight excluding hydrogens is 452 g/mol. The van der Waals surface area contributed by atoms with Crippen molar-refractivity contribution in [3.05, 3.63) is 57.4 Å². The van der Waals surface area contributed by atoms with Crippen LogP contribution in [0.4, 0.5) is 0 Å². The number of hydrogen-bond acceptors (Lipinski definition) is 6. The minimum Gasteiger partial charge on any atom is -0.744 e. The van der Waals surface area contributed by atoms with Gasteiger partial charge in [0.2, 0.25) is 6.20 Å². The van der Waals surface area contributed by atoms with Gasteiger partial charge in [0.15, 0.2) is 6.29 Å². The fraction of sp³-hybridized carbons (Fsp3) is 0.435. The number of ether oxygens (including phenoxy) is 2. The van der Waals surface area contributed by atoms with Gasteiger partial charge in [0.25, 0.3) is 5.69 Å². The fourth-order valence-corrected chi connectivity index (χ4v) is 4.52. The lowest BCUT2D eigenvalue weighted by Crippen LogP contribution is -2.47. The van der Waals surface area contributed by atoms with Crippen LogP contribution in [0.25, 0.3) is 0 Å². The molecule has 7 nitrogen and oxygen atoms in total. The molecule has 0 aliphatic carbocycles. The van der Waals surface area contributed by atoms with Crippen LogP contribution in [0, 0.1) is 39.5 Å². The summed E-state index contributed by atoms with van der Waals surface area (Å²) in [5.41, 5.74) is 3.57. The molecule has 0 saturated carbocycles. The SMILES string of the molecule is Cc1c(Cl)cc[n+](N)c1C#CCOC1CCCCO1.Cc1cc(C)c(S(=O)(=O)[O-])c(C)c1. The summed E-state index contributed by atoms with van der Waals surface area (Å²) in [5.74, 6) is 11.7. The third kappa shape index (κ3) is 7.47. The van der Waals surface area contributed by atoms with Gasteiger partial charge in [-0.3, -0.25) is 0 Å². The van der Waals surface area contributed by atoms with Crippen LogP contribution in [0.5, 0.6) is 0 Å². The number of nitrogen functional groups attached to an aromatic ring is 1. The summed E-state index contributed by atoms with van der Waals surface area (Å²) in [5, 5.41) is 0.655. The van der Waals surface area contributed by atoms with Crippen molar-refractivity contribution < 1.29 is 27.1 Å². The first kappa shape index (κ1) is 26.1. The normalized spacial score (nSPS) is 15.9. The topological polar surface area (TPSA) is 106 Å². The average Bonchev–Trinajstić information content (AvgIpc) is 2.70. The Balaban J connectivity index is 0.000000244. The van der Waals surface area contributed by atoms with Crippen molar-refractivity contribution in [3.8, 4) is 11.8 Å². The van der Waals surface area contributed by atoms with Crippen LogP contribution in [-0.4, -0.2) is 32.5 Å². The van der Waals surface area contributed by atoms with E-state index in [1.165, 1.54) is 4.68 Å². The lowest BCUT2D eigenvalue weighted by Gasteiger charge is -2.21. The summed E-state index contributed by atoms with van der Waals surface area (Å²) < 4.78 is 44.9. The second kappa shape index (κ2) is 11.6. The van der Waals surface area contributed by atoms with E-state index in [-0.39, 0.29) is 11.2 Å². The number of aryl methyl sites for hydroxylation is 3. The Morgan fingerprint density at radius 1 is 1.25 bits per heavy atom. The van der Waals surface area contributed by atoms with Gasteiger partial charge in [0, 0.05) is 18.6 Å². The number of nitrogens with zero attached hydrogens (tertiary/aromatic N) is 1. The second-order valence-corrected chi connectivity index (χ2v) is 9.36. The number of aromatic nitrogens is 1. The number of benzene rings is 1. The molecule has 0 amide bonds. The number of hydrogen-bond donors (Lipinski definition) is 1. The lowest BCUT2D eigenvalue weighted by atomic mass is 10.1. The Morgan fingerprint density at radius 2 is 1.91 bits per heavy atom. The van der Waals surface area contributed by atoms with Crippen LogP contribution in [-0.2, 0) is 19.6 Å². The monoisotopic (exact) mass is 480 g/mol. The minimum atomic E-state index is -4.33. The van der Waals surface area contributed by atoms with Gasteiger partial charge in [-0.1, -0.05) is 39.9 Å². The minimum absolute atomic E-state index is 0.0851. The number of halogens is 1. The summed E-state index contributed by atoms with van der Waals surface area (Å²) in [6, 6.07) is 5.13.